The Balaban J connectivity index is 1.81. The molecule has 3 nitrogen and oxygen atoms in total. The van der Waals surface area contributed by atoms with Crippen LogP contribution in [0.3, 0.4) is 0 Å². The van der Waals surface area contributed by atoms with E-state index in [1.807, 2.05) is 12.1 Å². The second-order valence-corrected chi connectivity index (χ2v) is 8.70. The maximum absolute atomic E-state index is 11.4. The van der Waals surface area contributed by atoms with E-state index in [0.29, 0.717) is 16.6 Å². The number of aliphatic hydroxyl groups excluding tert-OH is 1. The van der Waals surface area contributed by atoms with Crippen molar-refractivity contribution in [1.82, 2.24) is 0 Å². The second kappa shape index (κ2) is 6.96. The molecule has 0 saturated heterocycles. The molecule has 1 saturated carbocycles. The van der Waals surface area contributed by atoms with Crippen LogP contribution in [0.5, 0.6) is 0 Å². The Bertz CT molecular complexity index is 517. The van der Waals surface area contributed by atoms with Gasteiger partial charge in [0.1, 0.15) is 0 Å². The van der Waals surface area contributed by atoms with E-state index in [-0.39, 0.29) is 6.10 Å². The molecule has 0 spiro atoms. The summed E-state index contributed by atoms with van der Waals surface area (Å²) >= 11 is 1.59. The first-order valence-electron chi connectivity index (χ1n) is 7.06. The second-order valence-electron chi connectivity index (χ2n) is 5.59. The predicted octanol–water partition coefficient (Wildman–Crippen LogP) is 3.12. The molecule has 112 valence electrons. The normalized spacial score (nSPS) is 18.3. The highest BCUT2D eigenvalue weighted by Gasteiger charge is 2.18. The Morgan fingerprint density at radius 1 is 1.25 bits per heavy atom. The number of benzene rings is 1. The van der Waals surface area contributed by atoms with Crippen molar-refractivity contribution >= 4 is 21.6 Å². The van der Waals surface area contributed by atoms with Crippen LogP contribution < -0.4 is 0 Å². The van der Waals surface area contributed by atoms with Gasteiger partial charge in [-0.2, -0.15) is 0 Å². The number of hydrogen-bond donors (Lipinski definition) is 1. The molecule has 0 radical (unpaired) electrons. The van der Waals surface area contributed by atoms with E-state index in [2.05, 4.69) is 0 Å². The lowest BCUT2D eigenvalue weighted by Crippen LogP contribution is -2.14. The number of aliphatic hydroxyl groups is 1. The van der Waals surface area contributed by atoms with Gasteiger partial charge in [-0.3, -0.25) is 0 Å². The SMILES string of the molecule is CS(=O)(=O)c1ccc(SCC(O)CC2CCCC2)cc1. The van der Waals surface area contributed by atoms with Gasteiger partial charge in [0.15, 0.2) is 9.84 Å². The van der Waals surface area contributed by atoms with E-state index in [1.165, 1.54) is 31.9 Å². The summed E-state index contributed by atoms with van der Waals surface area (Å²) in [6.45, 7) is 0. The van der Waals surface area contributed by atoms with Gasteiger partial charge in [0.25, 0.3) is 0 Å². The summed E-state index contributed by atoms with van der Waals surface area (Å²) < 4.78 is 22.7. The van der Waals surface area contributed by atoms with Crippen molar-refractivity contribution in [3.05, 3.63) is 24.3 Å². The van der Waals surface area contributed by atoms with Gasteiger partial charge in [0, 0.05) is 16.9 Å². The van der Waals surface area contributed by atoms with Crippen molar-refractivity contribution in [3.63, 3.8) is 0 Å². The lowest BCUT2D eigenvalue weighted by molar-refractivity contribution is 0.166. The molecule has 1 atom stereocenters. The number of thioether (sulfide) groups is 1. The van der Waals surface area contributed by atoms with Crippen LogP contribution in [-0.4, -0.2) is 31.6 Å². The maximum Gasteiger partial charge on any atom is 0.175 e. The minimum Gasteiger partial charge on any atom is -0.392 e. The molecule has 1 aromatic carbocycles. The number of hydrogen-bond acceptors (Lipinski definition) is 4. The zero-order chi connectivity index (χ0) is 14.6. The molecule has 1 aliphatic rings. The highest BCUT2D eigenvalue weighted by atomic mass is 32.2. The molecule has 1 fully saturated rings. The van der Waals surface area contributed by atoms with Crippen LogP contribution in [-0.2, 0) is 9.84 Å². The monoisotopic (exact) mass is 314 g/mol. The van der Waals surface area contributed by atoms with Gasteiger partial charge in [0.2, 0.25) is 0 Å². The third-order valence-corrected chi connectivity index (χ3v) is 6.06. The quantitative estimate of drug-likeness (QED) is 0.820. The third kappa shape index (κ3) is 4.79. The zero-order valence-electron chi connectivity index (χ0n) is 11.8. The van der Waals surface area contributed by atoms with Gasteiger partial charge in [-0.1, -0.05) is 25.7 Å². The van der Waals surface area contributed by atoms with Crippen molar-refractivity contribution in [3.8, 4) is 0 Å². The zero-order valence-corrected chi connectivity index (χ0v) is 13.4. The van der Waals surface area contributed by atoms with Crippen LogP contribution in [0.1, 0.15) is 32.1 Å². The summed E-state index contributed by atoms with van der Waals surface area (Å²) in [4.78, 5) is 1.34. The first kappa shape index (κ1) is 15.9. The van der Waals surface area contributed by atoms with E-state index in [0.717, 1.165) is 11.3 Å². The highest BCUT2D eigenvalue weighted by Crippen LogP contribution is 2.30. The number of sulfone groups is 1. The topological polar surface area (TPSA) is 54.4 Å². The first-order valence-corrected chi connectivity index (χ1v) is 9.94. The van der Waals surface area contributed by atoms with E-state index < -0.39 is 9.84 Å². The van der Waals surface area contributed by atoms with Crippen LogP contribution in [0.4, 0.5) is 0 Å². The smallest absolute Gasteiger partial charge is 0.175 e. The highest BCUT2D eigenvalue weighted by molar-refractivity contribution is 7.99. The standard InChI is InChI=1S/C15H22O3S2/c1-20(17,18)15-8-6-14(7-9-15)19-11-13(16)10-12-4-2-3-5-12/h6-9,12-13,16H,2-5,10-11H2,1H3. The average molecular weight is 314 g/mol. The third-order valence-electron chi connectivity index (χ3n) is 3.77. The van der Waals surface area contributed by atoms with Crippen molar-refractivity contribution in [2.45, 2.75) is 48.0 Å². The summed E-state index contributed by atoms with van der Waals surface area (Å²) in [5.74, 6) is 1.37. The molecule has 0 aromatic heterocycles. The molecule has 0 amide bonds. The van der Waals surface area contributed by atoms with Crippen LogP contribution in [0.15, 0.2) is 34.1 Å². The Morgan fingerprint density at radius 3 is 2.40 bits per heavy atom. The van der Waals surface area contributed by atoms with Crippen molar-refractivity contribution in [2.24, 2.45) is 5.92 Å². The van der Waals surface area contributed by atoms with E-state index in [9.17, 15) is 13.5 Å². The fourth-order valence-corrected chi connectivity index (χ4v) is 4.15. The lowest BCUT2D eigenvalue weighted by Gasteiger charge is -2.14. The Labute approximate surface area is 125 Å². The van der Waals surface area contributed by atoms with Crippen LogP contribution in [0, 0.1) is 5.92 Å². The molecular formula is C15H22O3S2. The average Bonchev–Trinajstić information content (AvgIpc) is 2.88. The van der Waals surface area contributed by atoms with Gasteiger partial charge in [-0.15, -0.1) is 11.8 Å². The molecule has 0 aliphatic heterocycles. The lowest BCUT2D eigenvalue weighted by atomic mass is 10.0. The molecule has 2 rings (SSSR count). The summed E-state index contributed by atoms with van der Waals surface area (Å²) in [5.41, 5.74) is 0. The van der Waals surface area contributed by atoms with E-state index >= 15 is 0 Å². The molecule has 1 aromatic rings. The largest absolute Gasteiger partial charge is 0.392 e. The van der Waals surface area contributed by atoms with Gasteiger partial charge < -0.3 is 5.11 Å². The van der Waals surface area contributed by atoms with Crippen molar-refractivity contribution < 1.29 is 13.5 Å². The van der Waals surface area contributed by atoms with Crippen molar-refractivity contribution in [1.29, 1.82) is 0 Å². The number of rotatable bonds is 6. The molecule has 0 bridgehead atoms. The minimum absolute atomic E-state index is 0.266. The van der Waals surface area contributed by atoms with Crippen molar-refractivity contribution in [2.75, 3.05) is 12.0 Å². The fourth-order valence-electron chi connectivity index (χ4n) is 2.67. The Hall–Kier alpha value is -0.520. The summed E-state index contributed by atoms with van der Waals surface area (Å²) in [7, 11) is -3.13. The molecule has 1 unspecified atom stereocenters. The molecular weight excluding hydrogens is 292 g/mol. The van der Waals surface area contributed by atoms with Crippen LogP contribution in [0.2, 0.25) is 0 Å². The van der Waals surface area contributed by atoms with Gasteiger partial charge in [-0.25, -0.2) is 8.42 Å². The van der Waals surface area contributed by atoms with E-state index in [4.69, 9.17) is 0 Å². The predicted molar refractivity (Wildman–Crippen MR) is 82.9 cm³/mol. The van der Waals surface area contributed by atoms with E-state index in [1.54, 1.807) is 23.9 Å². The molecule has 5 heteroatoms. The molecule has 1 aliphatic carbocycles. The Morgan fingerprint density at radius 2 is 1.85 bits per heavy atom. The van der Waals surface area contributed by atoms with Crippen LogP contribution in [0.25, 0.3) is 0 Å². The molecule has 20 heavy (non-hydrogen) atoms. The minimum atomic E-state index is -3.13. The maximum atomic E-state index is 11.4. The fraction of sp³-hybridized carbons (Fsp3) is 0.600. The summed E-state index contributed by atoms with van der Waals surface area (Å²) in [6.07, 6.45) is 6.96. The Kier molecular flexibility index (Phi) is 5.52. The summed E-state index contributed by atoms with van der Waals surface area (Å²) in [6, 6.07) is 6.87. The van der Waals surface area contributed by atoms with Gasteiger partial charge in [0.05, 0.1) is 11.0 Å². The van der Waals surface area contributed by atoms with Crippen LogP contribution >= 0.6 is 11.8 Å². The van der Waals surface area contributed by atoms with Gasteiger partial charge >= 0.3 is 0 Å². The summed E-state index contributed by atoms with van der Waals surface area (Å²) in [5, 5.41) is 10.0. The molecule has 0 heterocycles. The first-order chi connectivity index (χ1) is 9.45. The molecule has 1 N–H and O–H groups in total. The van der Waals surface area contributed by atoms with Gasteiger partial charge in [-0.05, 0) is 36.6 Å².